The number of carbonyl (C=O) groups excluding carboxylic acids is 2. The zero-order chi connectivity index (χ0) is 30.8. The number of carboxylic acids is 1. The number of rotatable bonds is 13. The van der Waals surface area contributed by atoms with Gasteiger partial charge in [0.15, 0.2) is 0 Å². The van der Waals surface area contributed by atoms with Gasteiger partial charge in [-0.1, -0.05) is 91.0 Å². The van der Waals surface area contributed by atoms with E-state index in [2.05, 4.69) is 10.6 Å². The minimum absolute atomic E-state index is 0.0271. The summed E-state index contributed by atoms with van der Waals surface area (Å²) >= 11 is 0. The third kappa shape index (κ3) is 10.8. The van der Waals surface area contributed by atoms with E-state index in [9.17, 15) is 28.9 Å². The van der Waals surface area contributed by atoms with Crippen molar-refractivity contribution in [2.45, 2.75) is 57.5 Å². The van der Waals surface area contributed by atoms with Gasteiger partial charge in [0.2, 0.25) is 13.3 Å². The zero-order valence-corrected chi connectivity index (χ0v) is 25.0. The van der Waals surface area contributed by atoms with Crippen LogP contribution in [0.4, 0.5) is 4.79 Å². The summed E-state index contributed by atoms with van der Waals surface area (Å²) in [5.74, 6) is -4.18. The van der Waals surface area contributed by atoms with Gasteiger partial charge in [-0.15, -0.1) is 0 Å². The van der Waals surface area contributed by atoms with Crippen molar-refractivity contribution in [1.29, 1.82) is 0 Å². The lowest BCUT2D eigenvalue weighted by atomic mass is 9.99. The molecule has 0 radical (unpaired) electrons. The van der Waals surface area contributed by atoms with Crippen LogP contribution in [-0.2, 0) is 38.2 Å². The average Bonchev–Trinajstić information content (AvgIpc) is 2.92. The second-order valence-corrected chi connectivity index (χ2v) is 13.8. The summed E-state index contributed by atoms with van der Waals surface area (Å²) in [5.41, 5.74) is 1.35. The molecule has 4 N–H and O–H groups in total. The molecule has 9 nitrogen and oxygen atoms in total. The van der Waals surface area contributed by atoms with Crippen molar-refractivity contribution in [3.05, 3.63) is 108 Å². The minimum atomic E-state index is -4.29. The topological polar surface area (TPSA) is 142 Å². The number of hydrogen-bond donors (Lipinski definition) is 4. The van der Waals surface area contributed by atoms with Crippen molar-refractivity contribution in [1.82, 2.24) is 10.6 Å². The lowest BCUT2D eigenvalue weighted by Crippen LogP contribution is -2.47. The molecule has 0 fully saturated rings. The molecule has 0 heterocycles. The van der Waals surface area contributed by atoms with Crippen molar-refractivity contribution in [2.75, 3.05) is 6.16 Å². The highest BCUT2D eigenvalue weighted by molar-refractivity contribution is 7.58. The number of carboxylic acid groups (broad SMARTS) is 1. The van der Waals surface area contributed by atoms with Gasteiger partial charge in [0.25, 0.3) is 0 Å². The maximum Gasteiger partial charge on any atom is 0.408 e. The number of benzene rings is 3. The van der Waals surface area contributed by atoms with Gasteiger partial charge in [0.05, 0.1) is 5.92 Å². The molecule has 3 rings (SSSR count). The standard InChI is InChI=1S/C32H39N2O7P/c1-32(2,3)41-31(38)34-28(21-25-17-11-6-12-18-25)42(39,40)22-26(19-23-13-7-4-8-14-23)29(35)33-27(30(36)37)20-24-15-9-5-10-16-24/h4-18,26-28H,19-22H2,1-3H3,(H,33,35)(H,34,38)(H,36,37)(H,39,40)/t26?,27-,28?/m0/s1. The highest BCUT2D eigenvalue weighted by Gasteiger charge is 2.39. The van der Waals surface area contributed by atoms with Crippen molar-refractivity contribution in [3.63, 3.8) is 0 Å². The molecule has 0 bridgehead atoms. The molecule has 224 valence electrons. The van der Waals surface area contributed by atoms with E-state index in [1.165, 1.54) is 0 Å². The van der Waals surface area contributed by atoms with E-state index < -0.39 is 54.8 Å². The van der Waals surface area contributed by atoms with Gasteiger partial charge in [-0.2, -0.15) is 0 Å². The molecule has 0 aliphatic rings. The normalized spacial score (nSPS) is 15.0. The molecule has 3 unspecified atom stereocenters. The molecule has 0 saturated heterocycles. The Morgan fingerprint density at radius 1 is 0.762 bits per heavy atom. The van der Waals surface area contributed by atoms with Gasteiger partial charge < -0.3 is 25.4 Å². The van der Waals surface area contributed by atoms with E-state index in [0.717, 1.165) is 11.1 Å². The van der Waals surface area contributed by atoms with E-state index in [1.807, 2.05) is 18.2 Å². The van der Waals surface area contributed by atoms with E-state index in [0.29, 0.717) is 5.56 Å². The SMILES string of the molecule is CC(C)(C)OC(=O)NC(Cc1ccccc1)P(=O)(O)CC(Cc1ccccc1)C(=O)N[C@@H](Cc1ccccc1)C(=O)O. The van der Waals surface area contributed by atoms with Gasteiger partial charge in [-0.3, -0.25) is 9.36 Å². The number of amides is 2. The van der Waals surface area contributed by atoms with E-state index in [-0.39, 0.29) is 19.3 Å². The highest BCUT2D eigenvalue weighted by Crippen LogP contribution is 2.48. The molecular formula is C32H39N2O7P. The molecule has 0 spiro atoms. The molecule has 0 aromatic heterocycles. The van der Waals surface area contributed by atoms with Crippen LogP contribution in [0.5, 0.6) is 0 Å². The van der Waals surface area contributed by atoms with Crippen LogP contribution in [0.1, 0.15) is 37.5 Å². The fourth-order valence-corrected chi connectivity index (χ4v) is 6.48. The van der Waals surface area contributed by atoms with Gasteiger partial charge in [-0.05, 0) is 43.9 Å². The second kappa shape index (κ2) is 14.8. The summed E-state index contributed by atoms with van der Waals surface area (Å²) in [5, 5.41) is 15.0. The smallest absolute Gasteiger partial charge is 0.408 e. The van der Waals surface area contributed by atoms with Crippen LogP contribution in [0, 0.1) is 5.92 Å². The Bertz CT molecular complexity index is 1360. The van der Waals surface area contributed by atoms with Crippen molar-refractivity contribution in [3.8, 4) is 0 Å². The highest BCUT2D eigenvalue weighted by atomic mass is 31.2. The number of alkyl carbamates (subject to hydrolysis) is 1. The first-order valence-electron chi connectivity index (χ1n) is 13.8. The molecule has 3 aromatic carbocycles. The third-order valence-electron chi connectivity index (χ3n) is 6.52. The maximum absolute atomic E-state index is 14.0. The van der Waals surface area contributed by atoms with Crippen LogP contribution in [0.2, 0.25) is 0 Å². The van der Waals surface area contributed by atoms with Crippen LogP contribution in [0.25, 0.3) is 0 Å². The molecule has 42 heavy (non-hydrogen) atoms. The molecule has 10 heteroatoms. The second-order valence-electron chi connectivity index (χ2n) is 11.3. The predicted octanol–water partition coefficient (Wildman–Crippen LogP) is 5.02. The number of carbonyl (C=O) groups is 3. The predicted molar refractivity (Wildman–Crippen MR) is 161 cm³/mol. The van der Waals surface area contributed by atoms with Crippen molar-refractivity contribution in [2.24, 2.45) is 5.92 Å². The Morgan fingerprint density at radius 2 is 1.21 bits per heavy atom. The molecule has 0 aliphatic carbocycles. The Labute approximate surface area is 246 Å². The number of nitrogens with one attached hydrogen (secondary N) is 2. The van der Waals surface area contributed by atoms with Gasteiger partial charge in [0, 0.05) is 19.0 Å². The van der Waals surface area contributed by atoms with Gasteiger partial charge in [-0.25, -0.2) is 9.59 Å². The quantitative estimate of drug-likeness (QED) is 0.204. The third-order valence-corrected chi connectivity index (χ3v) is 8.77. The first-order chi connectivity index (χ1) is 19.8. The summed E-state index contributed by atoms with van der Waals surface area (Å²) in [6, 6.07) is 25.6. The minimum Gasteiger partial charge on any atom is -0.480 e. The van der Waals surface area contributed by atoms with Crippen molar-refractivity contribution < 1.29 is 33.7 Å². The van der Waals surface area contributed by atoms with Crippen molar-refractivity contribution >= 4 is 25.3 Å². The Balaban J connectivity index is 1.89. The summed E-state index contributed by atoms with van der Waals surface area (Å²) in [6.45, 7) is 5.06. The molecule has 3 aromatic rings. The summed E-state index contributed by atoms with van der Waals surface area (Å²) in [7, 11) is -4.29. The molecule has 0 aliphatic heterocycles. The first kappa shape index (κ1) is 32.6. The summed E-state index contributed by atoms with van der Waals surface area (Å²) < 4.78 is 19.4. The monoisotopic (exact) mass is 594 g/mol. The Kier molecular flexibility index (Phi) is 11.5. The fraction of sp³-hybridized carbons (Fsp3) is 0.344. The lowest BCUT2D eigenvalue weighted by molar-refractivity contribution is -0.142. The zero-order valence-electron chi connectivity index (χ0n) is 24.1. The Morgan fingerprint density at radius 3 is 1.67 bits per heavy atom. The number of aliphatic carboxylic acids is 1. The number of ether oxygens (including phenoxy) is 1. The largest absolute Gasteiger partial charge is 0.480 e. The van der Waals surface area contributed by atoms with E-state index >= 15 is 0 Å². The molecule has 4 atom stereocenters. The molecular weight excluding hydrogens is 555 g/mol. The van der Waals surface area contributed by atoms with E-state index in [1.54, 1.807) is 93.6 Å². The van der Waals surface area contributed by atoms with Crippen LogP contribution in [-0.4, -0.2) is 51.6 Å². The van der Waals surface area contributed by atoms with Crippen LogP contribution >= 0.6 is 7.37 Å². The first-order valence-corrected chi connectivity index (χ1v) is 15.7. The van der Waals surface area contributed by atoms with Gasteiger partial charge >= 0.3 is 12.1 Å². The summed E-state index contributed by atoms with van der Waals surface area (Å²) in [6.07, 6.45) is -1.17. The Hall–Kier alpha value is -3.94. The maximum atomic E-state index is 14.0. The average molecular weight is 595 g/mol. The van der Waals surface area contributed by atoms with Crippen LogP contribution in [0.3, 0.4) is 0 Å². The fourth-order valence-electron chi connectivity index (χ4n) is 4.50. The number of hydrogen-bond acceptors (Lipinski definition) is 5. The molecule has 2 amide bonds. The summed E-state index contributed by atoms with van der Waals surface area (Å²) in [4.78, 5) is 49.8. The van der Waals surface area contributed by atoms with Gasteiger partial charge in [0.1, 0.15) is 17.4 Å². The van der Waals surface area contributed by atoms with E-state index in [4.69, 9.17) is 4.74 Å². The molecule has 0 saturated carbocycles. The van der Waals surface area contributed by atoms with Crippen LogP contribution < -0.4 is 10.6 Å². The lowest BCUT2D eigenvalue weighted by Gasteiger charge is -2.29. The van der Waals surface area contributed by atoms with Crippen LogP contribution in [0.15, 0.2) is 91.0 Å².